The first kappa shape index (κ1) is 38.1. The van der Waals surface area contributed by atoms with Crippen LogP contribution in [0.5, 0.6) is 0 Å². The molecule has 2 unspecified atom stereocenters. The highest BCUT2D eigenvalue weighted by atomic mass is 16.6. The van der Waals surface area contributed by atoms with Crippen LogP contribution in [0.4, 0.5) is 0 Å². The van der Waals surface area contributed by atoms with E-state index >= 15 is 0 Å². The summed E-state index contributed by atoms with van der Waals surface area (Å²) in [4.78, 5) is 37.0. The number of unbranched alkanes of at least 4 members (excludes halogenated alkanes) is 14. The molecule has 0 radical (unpaired) electrons. The Morgan fingerprint density at radius 3 is 1.57 bits per heavy atom. The molecule has 0 aromatic rings. The van der Waals surface area contributed by atoms with Gasteiger partial charge < -0.3 is 14.2 Å². The van der Waals surface area contributed by atoms with E-state index in [2.05, 4.69) is 27.4 Å². The van der Waals surface area contributed by atoms with Crippen molar-refractivity contribution in [3.05, 3.63) is 12.7 Å². The third-order valence-electron chi connectivity index (χ3n) is 7.45. The zero-order valence-corrected chi connectivity index (χ0v) is 26.5. The Labute approximate surface area is 246 Å². The molecule has 0 saturated heterocycles. The smallest absolute Gasteiger partial charge is 0.347 e. The van der Waals surface area contributed by atoms with Gasteiger partial charge in [0.1, 0.15) is 0 Å². The van der Waals surface area contributed by atoms with Gasteiger partial charge in [0.05, 0.1) is 19.1 Å². The van der Waals surface area contributed by atoms with Crippen LogP contribution < -0.4 is 0 Å². The fourth-order valence-electron chi connectivity index (χ4n) is 4.76. The zero-order valence-electron chi connectivity index (χ0n) is 26.5. The van der Waals surface area contributed by atoms with Crippen LogP contribution in [-0.2, 0) is 28.6 Å². The van der Waals surface area contributed by atoms with Gasteiger partial charge >= 0.3 is 17.9 Å². The summed E-state index contributed by atoms with van der Waals surface area (Å²) in [5.41, 5.74) is 0. The molecule has 0 fully saturated rings. The van der Waals surface area contributed by atoms with Gasteiger partial charge in [0.15, 0.2) is 6.10 Å². The predicted octanol–water partition coefficient (Wildman–Crippen LogP) is 9.28. The molecule has 0 aromatic heterocycles. The van der Waals surface area contributed by atoms with Gasteiger partial charge in [-0.3, -0.25) is 4.79 Å². The van der Waals surface area contributed by atoms with Gasteiger partial charge in [-0.25, -0.2) is 9.59 Å². The quantitative estimate of drug-likeness (QED) is 0.0406. The van der Waals surface area contributed by atoms with E-state index in [1.54, 1.807) is 0 Å². The summed E-state index contributed by atoms with van der Waals surface area (Å²) < 4.78 is 16.2. The van der Waals surface area contributed by atoms with Crippen LogP contribution in [0, 0.1) is 11.8 Å². The molecule has 0 rings (SSSR count). The molecule has 6 nitrogen and oxygen atoms in total. The molecule has 0 aliphatic heterocycles. The number of hydrogen-bond donors (Lipinski definition) is 0. The number of ether oxygens (including phenoxy) is 3. The zero-order chi connectivity index (χ0) is 29.8. The summed E-state index contributed by atoms with van der Waals surface area (Å²) in [5, 5.41) is 0. The van der Waals surface area contributed by atoms with Gasteiger partial charge in [0, 0.05) is 6.08 Å². The van der Waals surface area contributed by atoms with Crippen molar-refractivity contribution in [3.8, 4) is 0 Å². The van der Waals surface area contributed by atoms with Crippen LogP contribution in [0.2, 0.25) is 0 Å². The van der Waals surface area contributed by atoms with Crippen molar-refractivity contribution in [1.82, 2.24) is 0 Å². The van der Waals surface area contributed by atoms with Gasteiger partial charge in [0.25, 0.3) is 0 Å². The number of esters is 3. The Hall–Kier alpha value is -1.85. The molecule has 0 aliphatic carbocycles. The molecule has 0 aromatic carbocycles. The Bertz CT molecular complexity index is 644. The van der Waals surface area contributed by atoms with Crippen LogP contribution >= 0.6 is 0 Å². The third-order valence-corrected chi connectivity index (χ3v) is 7.45. The molecular weight excluding hydrogens is 504 g/mol. The monoisotopic (exact) mass is 566 g/mol. The summed E-state index contributed by atoms with van der Waals surface area (Å²) in [5.74, 6) is -0.997. The maximum absolute atomic E-state index is 12.6. The first-order valence-electron chi connectivity index (χ1n) is 16.5. The lowest BCUT2D eigenvalue weighted by molar-refractivity contribution is -0.166. The summed E-state index contributed by atoms with van der Waals surface area (Å²) in [6.45, 7) is 12.9. The molecule has 0 bridgehead atoms. The highest BCUT2D eigenvalue weighted by molar-refractivity contribution is 5.85. The van der Waals surface area contributed by atoms with Crippen LogP contribution in [0.25, 0.3) is 0 Å². The van der Waals surface area contributed by atoms with E-state index in [1.807, 2.05) is 6.92 Å². The molecule has 0 amide bonds. The highest BCUT2D eigenvalue weighted by Crippen LogP contribution is 2.18. The van der Waals surface area contributed by atoms with E-state index in [4.69, 9.17) is 14.2 Å². The first-order valence-corrected chi connectivity index (χ1v) is 16.5. The van der Waals surface area contributed by atoms with Crippen molar-refractivity contribution >= 4 is 17.9 Å². The fraction of sp³-hybridized carbons (Fsp3) is 0.853. The normalized spacial score (nSPS) is 12.6. The molecule has 6 heteroatoms. The Kier molecular flexibility index (Phi) is 26.1. The minimum atomic E-state index is -1.04. The molecule has 0 saturated carbocycles. The molecule has 234 valence electrons. The van der Waals surface area contributed by atoms with Crippen molar-refractivity contribution < 1.29 is 28.6 Å². The highest BCUT2D eigenvalue weighted by Gasteiger charge is 2.27. The number of carbonyl (C=O) groups excluding carboxylic acids is 3. The van der Waals surface area contributed by atoms with Gasteiger partial charge in [-0.15, -0.1) is 0 Å². The Morgan fingerprint density at radius 2 is 1.10 bits per heavy atom. The molecular formula is C34H62O6. The molecule has 0 aliphatic rings. The van der Waals surface area contributed by atoms with Crippen molar-refractivity contribution in [2.45, 2.75) is 162 Å². The molecule has 0 spiro atoms. The van der Waals surface area contributed by atoms with Crippen LogP contribution in [0.15, 0.2) is 12.7 Å². The second-order valence-electron chi connectivity index (χ2n) is 11.6. The average Bonchev–Trinajstić information content (AvgIpc) is 2.94. The van der Waals surface area contributed by atoms with Crippen molar-refractivity contribution in [2.24, 2.45) is 11.8 Å². The molecule has 0 N–H and O–H groups in total. The Morgan fingerprint density at radius 1 is 0.625 bits per heavy atom. The lowest BCUT2D eigenvalue weighted by Crippen LogP contribution is -2.30. The van der Waals surface area contributed by atoms with Gasteiger partial charge in [0.2, 0.25) is 0 Å². The van der Waals surface area contributed by atoms with E-state index in [1.165, 1.54) is 77.0 Å². The van der Waals surface area contributed by atoms with E-state index in [-0.39, 0.29) is 18.3 Å². The van der Waals surface area contributed by atoms with Crippen molar-refractivity contribution in [2.75, 3.05) is 13.2 Å². The van der Waals surface area contributed by atoms with E-state index in [9.17, 15) is 14.4 Å². The summed E-state index contributed by atoms with van der Waals surface area (Å²) in [7, 11) is 0. The second-order valence-corrected chi connectivity index (χ2v) is 11.6. The van der Waals surface area contributed by atoms with Gasteiger partial charge in [-0.05, 0) is 38.0 Å². The average molecular weight is 567 g/mol. The van der Waals surface area contributed by atoms with Crippen LogP contribution in [-0.4, -0.2) is 37.2 Å². The van der Waals surface area contributed by atoms with Gasteiger partial charge in [-0.1, -0.05) is 131 Å². The summed E-state index contributed by atoms with van der Waals surface area (Å²) in [6.07, 6.45) is 21.4. The molecule has 0 heterocycles. The van der Waals surface area contributed by atoms with E-state index in [0.717, 1.165) is 44.1 Å². The summed E-state index contributed by atoms with van der Waals surface area (Å²) >= 11 is 0. The SMILES string of the molecule is C=CC(=O)OC(CCC(CC)C(=O)OCCCCCCCCCCC(C)C)C(=O)OCCCCCCCCCC. The second kappa shape index (κ2) is 27.3. The van der Waals surface area contributed by atoms with Gasteiger partial charge in [-0.2, -0.15) is 0 Å². The lowest BCUT2D eigenvalue weighted by Gasteiger charge is -2.19. The largest absolute Gasteiger partial charge is 0.465 e. The first-order chi connectivity index (χ1) is 19.3. The molecule has 2 atom stereocenters. The van der Waals surface area contributed by atoms with Crippen molar-refractivity contribution in [1.29, 1.82) is 0 Å². The number of rotatable bonds is 28. The molecule has 40 heavy (non-hydrogen) atoms. The number of carbonyl (C=O) groups is 3. The third kappa shape index (κ3) is 22.9. The lowest BCUT2D eigenvalue weighted by atomic mass is 9.98. The predicted molar refractivity (Wildman–Crippen MR) is 164 cm³/mol. The number of hydrogen-bond acceptors (Lipinski definition) is 6. The topological polar surface area (TPSA) is 78.9 Å². The summed E-state index contributed by atoms with van der Waals surface area (Å²) in [6, 6.07) is 0. The van der Waals surface area contributed by atoms with E-state index < -0.39 is 18.0 Å². The minimum absolute atomic E-state index is 0.223. The minimum Gasteiger partial charge on any atom is -0.465 e. The van der Waals surface area contributed by atoms with E-state index in [0.29, 0.717) is 26.1 Å². The Balaban J connectivity index is 4.22. The fourth-order valence-corrected chi connectivity index (χ4v) is 4.76. The maximum atomic E-state index is 12.6. The van der Waals surface area contributed by atoms with Crippen LogP contribution in [0.3, 0.4) is 0 Å². The van der Waals surface area contributed by atoms with Crippen molar-refractivity contribution in [3.63, 3.8) is 0 Å². The standard InChI is InChI=1S/C34H62O6/c1-6-9-10-11-12-16-20-23-28-39-34(37)31(40-32(35)8-3)26-25-30(7-2)33(36)38-27-22-19-17-14-13-15-18-21-24-29(4)5/h8,29-31H,3,6-7,9-28H2,1-2,4-5H3. The van der Waals surface area contributed by atoms with Crippen LogP contribution in [0.1, 0.15) is 156 Å². The maximum Gasteiger partial charge on any atom is 0.347 e.